The van der Waals surface area contributed by atoms with Crippen LogP contribution in [0.3, 0.4) is 0 Å². The van der Waals surface area contributed by atoms with Crippen LogP contribution in [-0.4, -0.2) is 10.5 Å². The fourth-order valence-electron chi connectivity index (χ4n) is 0.316. The number of rotatable bonds is 1. The lowest BCUT2D eigenvalue weighted by atomic mass is 10.3. The van der Waals surface area contributed by atoms with Gasteiger partial charge in [0, 0.05) is 12.2 Å². The van der Waals surface area contributed by atoms with Gasteiger partial charge in [-0.25, -0.2) is 0 Å². The van der Waals surface area contributed by atoms with Crippen LogP contribution in [0.15, 0.2) is 12.2 Å². The zero-order valence-electron chi connectivity index (χ0n) is 3.87. The molecule has 0 amide bonds. The Hall–Kier alpha value is -1.37. The van der Waals surface area contributed by atoms with Crippen LogP contribution in [0.2, 0.25) is 0 Å². The van der Waals surface area contributed by atoms with Crippen molar-refractivity contribution in [3.8, 4) is 6.07 Å². The molecular weight excluding hydrogens is 108 g/mol. The molecule has 0 unspecified atom stereocenters. The fourth-order valence-corrected chi connectivity index (χ4v) is 0.316. The maximum atomic E-state index is 9.84. The minimum atomic E-state index is -1.43. The van der Waals surface area contributed by atoms with Crippen molar-refractivity contribution in [1.82, 2.24) is 0 Å². The van der Waals surface area contributed by atoms with Crippen molar-refractivity contribution in [3.63, 3.8) is 0 Å². The normalized spacial score (nSPS) is 19.4. The van der Waals surface area contributed by atoms with Gasteiger partial charge in [0.25, 0.3) is 0 Å². The molecule has 4 heteroatoms. The first-order chi connectivity index (χ1) is 3.71. The highest BCUT2D eigenvalue weighted by molar-refractivity contribution is 5.39. The SMILES string of the molecule is N#CC1([N+](=O)[O-])C=C1. The summed E-state index contributed by atoms with van der Waals surface area (Å²) in [6.45, 7) is 0. The van der Waals surface area contributed by atoms with Crippen LogP contribution < -0.4 is 0 Å². The lowest BCUT2D eigenvalue weighted by Crippen LogP contribution is -2.19. The van der Waals surface area contributed by atoms with Crippen molar-refractivity contribution < 1.29 is 4.92 Å². The van der Waals surface area contributed by atoms with Crippen molar-refractivity contribution in [1.29, 1.82) is 5.26 Å². The topological polar surface area (TPSA) is 66.9 Å². The van der Waals surface area contributed by atoms with Gasteiger partial charge in [0.05, 0.1) is 4.92 Å². The second-order valence-corrected chi connectivity index (χ2v) is 1.53. The van der Waals surface area contributed by atoms with Crippen LogP contribution in [0.4, 0.5) is 0 Å². The largest absolute Gasteiger partial charge is 0.342 e. The summed E-state index contributed by atoms with van der Waals surface area (Å²) in [5.41, 5.74) is -1.43. The Morgan fingerprint density at radius 2 is 2.25 bits per heavy atom. The summed E-state index contributed by atoms with van der Waals surface area (Å²) in [5, 5.41) is 17.9. The summed E-state index contributed by atoms with van der Waals surface area (Å²) in [4.78, 5) is 9.22. The third kappa shape index (κ3) is 0.382. The Bertz CT molecular complexity index is 195. The molecule has 0 atom stereocenters. The van der Waals surface area contributed by atoms with Crippen LogP contribution >= 0.6 is 0 Å². The fraction of sp³-hybridized carbons (Fsp3) is 0.250. The quantitative estimate of drug-likeness (QED) is 0.273. The van der Waals surface area contributed by atoms with Crippen molar-refractivity contribution >= 4 is 0 Å². The minimum absolute atomic E-state index is 0.618. The van der Waals surface area contributed by atoms with Crippen LogP contribution in [0, 0.1) is 21.4 Å². The molecule has 0 spiro atoms. The first-order valence-electron chi connectivity index (χ1n) is 1.97. The summed E-state index contributed by atoms with van der Waals surface area (Å²) in [6.07, 6.45) is 2.51. The molecule has 0 bridgehead atoms. The van der Waals surface area contributed by atoms with Gasteiger partial charge in [-0.15, -0.1) is 0 Å². The Morgan fingerprint density at radius 1 is 1.75 bits per heavy atom. The molecule has 0 aromatic carbocycles. The average molecular weight is 110 g/mol. The maximum Gasteiger partial charge on any atom is 0.342 e. The van der Waals surface area contributed by atoms with Gasteiger partial charge in [0.1, 0.15) is 0 Å². The molecule has 0 aliphatic heterocycles. The highest BCUT2D eigenvalue weighted by atomic mass is 16.6. The third-order valence-corrected chi connectivity index (χ3v) is 0.964. The van der Waals surface area contributed by atoms with E-state index in [1.165, 1.54) is 12.2 Å². The van der Waals surface area contributed by atoms with E-state index in [1.54, 1.807) is 6.07 Å². The monoisotopic (exact) mass is 110 g/mol. The number of hydrogen-bond acceptors (Lipinski definition) is 3. The van der Waals surface area contributed by atoms with Crippen LogP contribution in [0.25, 0.3) is 0 Å². The number of hydrogen-bond donors (Lipinski definition) is 0. The summed E-state index contributed by atoms with van der Waals surface area (Å²) < 4.78 is 0. The summed E-state index contributed by atoms with van der Waals surface area (Å²) in [6, 6.07) is 1.54. The highest BCUT2D eigenvalue weighted by Gasteiger charge is 2.48. The van der Waals surface area contributed by atoms with Gasteiger partial charge in [-0.1, -0.05) is 0 Å². The second kappa shape index (κ2) is 1.07. The van der Waals surface area contributed by atoms with Gasteiger partial charge in [-0.05, 0) is 0 Å². The first kappa shape index (κ1) is 4.78. The second-order valence-electron chi connectivity index (χ2n) is 1.53. The lowest BCUT2D eigenvalue weighted by molar-refractivity contribution is -0.512. The molecule has 0 radical (unpaired) electrons. The van der Waals surface area contributed by atoms with E-state index in [9.17, 15) is 10.1 Å². The van der Waals surface area contributed by atoms with Gasteiger partial charge in [0.15, 0.2) is 6.07 Å². The van der Waals surface area contributed by atoms with Gasteiger partial charge in [-0.2, -0.15) is 5.26 Å². The van der Waals surface area contributed by atoms with E-state index in [4.69, 9.17) is 5.26 Å². The molecule has 0 aromatic heterocycles. The Morgan fingerprint density at radius 3 is 2.25 bits per heavy atom. The van der Waals surface area contributed by atoms with Gasteiger partial charge >= 0.3 is 5.54 Å². The Labute approximate surface area is 45.2 Å². The predicted molar refractivity (Wildman–Crippen MR) is 24.5 cm³/mol. The molecule has 1 aliphatic carbocycles. The zero-order valence-corrected chi connectivity index (χ0v) is 3.87. The van der Waals surface area contributed by atoms with Crippen LogP contribution in [-0.2, 0) is 0 Å². The molecule has 8 heavy (non-hydrogen) atoms. The molecule has 0 saturated heterocycles. The predicted octanol–water partition coefficient (Wildman–Crippen LogP) is 0.0953. The Balaban J connectivity index is 2.73. The molecule has 0 N–H and O–H groups in total. The van der Waals surface area contributed by atoms with E-state index in [-0.39, 0.29) is 0 Å². The van der Waals surface area contributed by atoms with Crippen LogP contribution in [0.1, 0.15) is 0 Å². The molecule has 4 nitrogen and oxygen atoms in total. The van der Waals surface area contributed by atoms with E-state index in [2.05, 4.69) is 0 Å². The first-order valence-corrected chi connectivity index (χ1v) is 1.97. The van der Waals surface area contributed by atoms with E-state index in [0.29, 0.717) is 0 Å². The van der Waals surface area contributed by atoms with Crippen molar-refractivity contribution in [3.05, 3.63) is 22.3 Å². The van der Waals surface area contributed by atoms with Gasteiger partial charge in [0.2, 0.25) is 0 Å². The highest BCUT2D eigenvalue weighted by Crippen LogP contribution is 2.25. The molecule has 0 fully saturated rings. The smallest absolute Gasteiger partial charge is 0.262 e. The summed E-state index contributed by atoms with van der Waals surface area (Å²) >= 11 is 0. The van der Waals surface area contributed by atoms with E-state index < -0.39 is 10.5 Å². The summed E-state index contributed by atoms with van der Waals surface area (Å²) in [5.74, 6) is 0. The van der Waals surface area contributed by atoms with Crippen molar-refractivity contribution in [2.75, 3.05) is 0 Å². The van der Waals surface area contributed by atoms with Gasteiger partial charge < -0.3 is 0 Å². The number of nitrogens with zero attached hydrogens (tertiary/aromatic N) is 2. The van der Waals surface area contributed by atoms with E-state index >= 15 is 0 Å². The van der Waals surface area contributed by atoms with Crippen LogP contribution in [0.5, 0.6) is 0 Å². The maximum absolute atomic E-state index is 9.84. The summed E-state index contributed by atoms with van der Waals surface area (Å²) in [7, 11) is 0. The molecular formula is C4H2N2O2. The zero-order chi connectivity index (χ0) is 6.20. The van der Waals surface area contributed by atoms with Gasteiger partial charge in [-0.3, -0.25) is 10.1 Å². The molecule has 40 valence electrons. The molecule has 0 heterocycles. The number of nitro groups is 1. The molecule has 0 aromatic rings. The van der Waals surface area contributed by atoms with Crippen molar-refractivity contribution in [2.45, 2.75) is 5.54 Å². The number of nitriles is 1. The van der Waals surface area contributed by atoms with E-state index in [1.807, 2.05) is 0 Å². The lowest BCUT2D eigenvalue weighted by Gasteiger charge is -1.91. The molecule has 1 rings (SSSR count). The minimum Gasteiger partial charge on any atom is -0.262 e. The Kier molecular flexibility index (Phi) is 0.638. The average Bonchev–Trinajstić information content (AvgIpc) is 2.44. The van der Waals surface area contributed by atoms with Crippen molar-refractivity contribution in [2.24, 2.45) is 0 Å². The standard InChI is InChI=1S/C4H2N2O2/c5-3-4(1-2-4)6(7)8/h1-2H. The molecule has 0 saturated carbocycles. The molecule has 1 aliphatic rings. The third-order valence-electron chi connectivity index (χ3n) is 0.964. The van der Waals surface area contributed by atoms with E-state index in [0.717, 1.165) is 0 Å².